The lowest BCUT2D eigenvalue weighted by Gasteiger charge is -2.22. The normalized spacial score (nSPS) is 18.1. The molecule has 1 heterocycles. The number of amides is 2. The summed E-state index contributed by atoms with van der Waals surface area (Å²) in [5.41, 5.74) is 1.03. The van der Waals surface area contributed by atoms with Gasteiger partial charge in [-0.2, -0.15) is 0 Å². The highest BCUT2D eigenvalue weighted by Gasteiger charge is 2.30. The zero-order valence-corrected chi connectivity index (χ0v) is 16.5. The molecule has 6 nitrogen and oxygen atoms in total. The van der Waals surface area contributed by atoms with Crippen LogP contribution in [0.3, 0.4) is 0 Å². The van der Waals surface area contributed by atoms with Crippen molar-refractivity contribution in [3.05, 3.63) is 52.5 Å². The molecule has 140 valence electrons. The van der Waals surface area contributed by atoms with E-state index in [0.29, 0.717) is 32.3 Å². The smallest absolute Gasteiger partial charge is 0.238 e. The molecule has 1 fully saturated rings. The Morgan fingerprint density at radius 2 is 2.04 bits per heavy atom. The van der Waals surface area contributed by atoms with Gasteiger partial charge in [-0.05, 0) is 36.4 Å². The van der Waals surface area contributed by atoms with E-state index in [4.69, 9.17) is 27.9 Å². The maximum absolute atomic E-state index is 12.5. The fourth-order valence-electron chi connectivity index (χ4n) is 2.39. The molecule has 1 unspecified atom stereocenters. The van der Waals surface area contributed by atoms with Crippen molar-refractivity contribution < 1.29 is 14.3 Å². The van der Waals surface area contributed by atoms with Gasteiger partial charge in [0.1, 0.15) is 16.7 Å². The van der Waals surface area contributed by atoms with E-state index in [0.717, 1.165) is 11.8 Å². The maximum atomic E-state index is 12.5. The summed E-state index contributed by atoms with van der Waals surface area (Å²) < 4.78 is 5.25. The number of nitrogens with zero attached hydrogens (tertiary/aromatic N) is 1. The molecule has 1 aliphatic heterocycles. The predicted molar refractivity (Wildman–Crippen MR) is 109 cm³/mol. The van der Waals surface area contributed by atoms with Crippen LogP contribution in [0.15, 0.2) is 47.5 Å². The number of hydrogen-bond donors (Lipinski definition) is 2. The molecule has 0 aliphatic carbocycles. The summed E-state index contributed by atoms with van der Waals surface area (Å²) in [5.74, 6) is -0.0881. The number of carbonyl (C=O) groups is 2. The quantitative estimate of drug-likeness (QED) is 0.769. The molecule has 0 radical (unpaired) electrons. The highest BCUT2D eigenvalue weighted by atomic mass is 35.5. The third kappa shape index (κ3) is 5.15. The first-order valence-corrected chi connectivity index (χ1v) is 9.53. The third-order valence-corrected chi connectivity index (χ3v) is 5.17. The largest absolute Gasteiger partial charge is 0.494 e. The van der Waals surface area contributed by atoms with E-state index in [-0.39, 0.29) is 18.2 Å². The van der Waals surface area contributed by atoms with Crippen LogP contribution in [-0.4, -0.2) is 29.3 Å². The van der Waals surface area contributed by atoms with Crippen LogP contribution in [0.1, 0.15) is 6.42 Å². The number of ether oxygens (including phenoxy) is 1. The van der Waals surface area contributed by atoms with Crippen molar-refractivity contribution >= 4 is 63.3 Å². The number of thioether (sulfide) groups is 1. The van der Waals surface area contributed by atoms with Crippen LogP contribution in [0.4, 0.5) is 11.4 Å². The SMILES string of the molecule is COc1ccc(Cl)cc1N=C1NC(=O)CC(C(=O)Nc2cccc(Cl)c2)S1. The highest BCUT2D eigenvalue weighted by molar-refractivity contribution is 8.15. The number of benzene rings is 2. The van der Waals surface area contributed by atoms with E-state index in [2.05, 4.69) is 15.6 Å². The number of hydrogen-bond acceptors (Lipinski definition) is 5. The van der Waals surface area contributed by atoms with Gasteiger partial charge in [0.2, 0.25) is 11.8 Å². The summed E-state index contributed by atoms with van der Waals surface area (Å²) in [6.45, 7) is 0. The molecular weight excluding hydrogens is 409 g/mol. The molecule has 2 aromatic carbocycles. The Balaban J connectivity index is 1.79. The first kappa shape index (κ1) is 19.5. The van der Waals surface area contributed by atoms with Crippen LogP contribution in [0, 0.1) is 0 Å². The topological polar surface area (TPSA) is 79.8 Å². The van der Waals surface area contributed by atoms with Gasteiger partial charge in [0.25, 0.3) is 0 Å². The molecule has 1 aliphatic rings. The fraction of sp³-hybridized carbons (Fsp3) is 0.167. The van der Waals surface area contributed by atoms with E-state index < -0.39 is 5.25 Å². The van der Waals surface area contributed by atoms with Crippen molar-refractivity contribution in [2.45, 2.75) is 11.7 Å². The number of carbonyl (C=O) groups excluding carboxylic acids is 2. The highest BCUT2D eigenvalue weighted by Crippen LogP contribution is 2.32. The zero-order valence-electron chi connectivity index (χ0n) is 14.2. The number of halogens is 2. The Morgan fingerprint density at radius 1 is 1.26 bits per heavy atom. The minimum absolute atomic E-state index is 0.0444. The summed E-state index contributed by atoms with van der Waals surface area (Å²) in [6, 6.07) is 11.8. The Morgan fingerprint density at radius 3 is 2.78 bits per heavy atom. The van der Waals surface area contributed by atoms with Gasteiger partial charge in [-0.1, -0.05) is 41.0 Å². The number of anilines is 1. The minimum Gasteiger partial charge on any atom is -0.494 e. The molecule has 2 amide bonds. The fourth-order valence-corrected chi connectivity index (χ4v) is 3.74. The van der Waals surface area contributed by atoms with Crippen LogP contribution < -0.4 is 15.4 Å². The molecule has 1 saturated heterocycles. The van der Waals surface area contributed by atoms with E-state index in [1.165, 1.54) is 7.11 Å². The van der Waals surface area contributed by atoms with Gasteiger partial charge in [-0.15, -0.1) is 0 Å². The van der Waals surface area contributed by atoms with Gasteiger partial charge in [0.05, 0.1) is 7.11 Å². The average Bonchev–Trinajstić information content (AvgIpc) is 2.61. The number of amidine groups is 1. The molecule has 9 heteroatoms. The summed E-state index contributed by atoms with van der Waals surface area (Å²) in [6.07, 6.45) is 0.0444. The van der Waals surface area contributed by atoms with E-state index in [1.807, 2.05) is 0 Å². The minimum atomic E-state index is -0.623. The monoisotopic (exact) mass is 423 g/mol. The molecule has 2 N–H and O–H groups in total. The van der Waals surface area contributed by atoms with Gasteiger partial charge < -0.3 is 15.4 Å². The van der Waals surface area contributed by atoms with Gasteiger partial charge in [0.15, 0.2) is 5.17 Å². The second kappa shape index (κ2) is 8.65. The second-order valence-electron chi connectivity index (χ2n) is 5.59. The lowest BCUT2D eigenvalue weighted by molar-refractivity contribution is -0.123. The Hall–Kier alpha value is -2.22. The van der Waals surface area contributed by atoms with Crippen molar-refractivity contribution in [1.29, 1.82) is 0 Å². The molecule has 3 rings (SSSR count). The van der Waals surface area contributed by atoms with Crippen LogP contribution >= 0.6 is 35.0 Å². The summed E-state index contributed by atoms with van der Waals surface area (Å²) in [5, 5.41) is 6.11. The van der Waals surface area contributed by atoms with Crippen LogP contribution in [0.25, 0.3) is 0 Å². The molecular formula is C18H15Cl2N3O3S. The Labute approximate surface area is 170 Å². The number of nitrogens with one attached hydrogen (secondary N) is 2. The Bertz CT molecular complexity index is 920. The van der Waals surface area contributed by atoms with Gasteiger partial charge in [-0.3, -0.25) is 9.59 Å². The van der Waals surface area contributed by atoms with Crippen molar-refractivity contribution in [2.75, 3.05) is 12.4 Å². The van der Waals surface area contributed by atoms with Gasteiger partial charge >= 0.3 is 0 Å². The van der Waals surface area contributed by atoms with Crippen molar-refractivity contribution in [3.63, 3.8) is 0 Å². The first-order chi connectivity index (χ1) is 12.9. The zero-order chi connectivity index (χ0) is 19.4. The average molecular weight is 424 g/mol. The third-order valence-electron chi connectivity index (χ3n) is 3.62. The molecule has 1 atom stereocenters. The molecule has 0 saturated carbocycles. The molecule has 27 heavy (non-hydrogen) atoms. The van der Waals surface area contributed by atoms with Crippen molar-refractivity contribution in [2.24, 2.45) is 4.99 Å². The van der Waals surface area contributed by atoms with E-state index in [9.17, 15) is 9.59 Å². The lowest BCUT2D eigenvalue weighted by atomic mass is 10.2. The summed E-state index contributed by atoms with van der Waals surface area (Å²) in [4.78, 5) is 29.0. The predicted octanol–water partition coefficient (Wildman–Crippen LogP) is 4.25. The van der Waals surface area contributed by atoms with Crippen LogP contribution in [0.5, 0.6) is 5.75 Å². The van der Waals surface area contributed by atoms with Crippen molar-refractivity contribution in [3.8, 4) is 5.75 Å². The second-order valence-corrected chi connectivity index (χ2v) is 7.66. The van der Waals surface area contributed by atoms with E-state index in [1.54, 1.807) is 42.5 Å². The van der Waals surface area contributed by atoms with E-state index >= 15 is 0 Å². The number of rotatable bonds is 4. The summed E-state index contributed by atoms with van der Waals surface area (Å²) >= 11 is 13.1. The maximum Gasteiger partial charge on any atom is 0.238 e. The van der Waals surface area contributed by atoms with Crippen LogP contribution in [-0.2, 0) is 9.59 Å². The standard InChI is InChI=1S/C18H15Cl2N3O3S/c1-26-14-6-5-11(20)8-13(14)22-18-23-16(24)9-15(27-18)17(25)21-12-4-2-3-10(19)7-12/h2-8,15H,9H2,1H3,(H,21,25)(H,22,23,24). The van der Waals surface area contributed by atoms with Gasteiger partial charge in [-0.25, -0.2) is 4.99 Å². The molecule has 0 aromatic heterocycles. The number of methoxy groups -OCH3 is 1. The van der Waals surface area contributed by atoms with Crippen LogP contribution in [0.2, 0.25) is 10.0 Å². The van der Waals surface area contributed by atoms with Gasteiger partial charge in [0, 0.05) is 22.2 Å². The molecule has 2 aromatic rings. The Kier molecular flexibility index (Phi) is 6.26. The van der Waals surface area contributed by atoms with Crippen molar-refractivity contribution in [1.82, 2.24) is 5.32 Å². The molecule has 0 bridgehead atoms. The number of aliphatic imine (C=N–C) groups is 1. The lowest BCUT2D eigenvalue weighted by Crippen LogP contribution is -2.41. The first-order valence-electron chi connectivity index (χ1n) is 7.90. The molecule has 0 spiro atoms. The summed E-state index contributed by atoms with van der Waals surface area (Å²) in [7, 11) is 1.51.